The van der Waals surface area contributed by atoms with E-state index in [9.17, 15) is 13.6 Å². The lowest BCUT2D eigenvalue weighted by Crippen LogP contribution is -2.36. The summed E-state index contributed by atoms with van der Waals surface area (Å²) in [6.45, 7) is 4.32. The van der Waals surface area contributed by atoms with Crippen LogP contribution in [0.2, 0.25) is 0 Å². The van der Waals surface area contributed by atoms with Crippen LogP contribution in [0.1, 0.15) is 80.5 Å². The summed E-state index contributed by atoms with van der Waals surface area (Å²) in [4.78, 5) is 16.8. The molecule has 3 atom stereocenters. The molecule has 2 aromatic heterocycles. The lowest BCUT2D eigenvalue weighted by Gasteiger charge is -2.29. The van der Waals surface area contributed by atoms with Gasteiger partial charge in [-0.15, -0.1) is 0 Å². The minimum absolute atomic E-state index is 0.0409. The van der Waals surface area contributed by atoms with Crippen molar-refractivity contribution in [3.8, 4) is 11.4 Å². The first-order valence-electron chi connectivity index (χ1n) is 16.9. The molecule has 10 nitrogen and oxygen atoms in total. The van der Waals surface area contributed by atoms with E-state index in [0.717, 1.165) is 43.9 Å². The molecule has 1 unspecified atom stereocenters. The maximum Gasteiger partial charge on any atom is 0.350 e. The van der Waals surface area contributed by atoms with Crippen LogP contribution < -0.4 is 10.4 Å². The van der Waals surface area contributed by atoms with E-state index in [4.69, 9.17) is 14.2 Å². The molecule has 2 aliphatic rings. The number of ether oxygens (including phenoxy) is 3. The van der Waals surface area contributed by atoms with Gasteiger partial charge in [0.2, 0.25) is 0 Å². The van der Waals surface area contributed by atoms with Crippen LogP contribution in [-0.2, 0) is 21.6 Å². The Morgan fingerprint density at radius 3 is 2.27 bits per heavy atom. The zero-order valence-electron chi connectivity index (χ0n) is 27.6. The highest BCUT2D eigenvalue weighted by Gasteiger charge is 2.45. The minimum Gasteiger partial charge on any atom is -0.488 e. The van der Waals surface area contributed by atoms with E-state index in [2.05, 4.69) is 39.4 Å². The molecule has 5 aromatic rings. The quantitative estimate of drug-likeness (QED) is 0.155. The number of rotatable bonds is 11. The molecule has 1 aliphatic carbocycles. The largest absolute Gasteiger partial charge is 0.488 e. The average Bonchev–Trinajstić information content (AvgIpc) is 3.88. The SMILES string of the molecule is CCC(C)n1ncn(-c2ccc(C3CCC(c4ccc(OC[C@@H]5OC[C@@](Cn6cncn6)(c6ccc(F)cc6F)O5)cc4)CC3)cc2)c1=O. The van der Waals surface area contributed by atoms with Crippen molar-refractivity contribution in [3.05, 3.63) is 125 Å². The topological polar surface area (TPSA) is 98.2 Å². The molecular weight excluding hydrogens is 630 g/mol. The van der Waals surface area contributed by atoms with Gasteiger partial charge in [-0.1, -0.05) is 37.3 Å². The van der Waals surface area contributed by atoms with Gasteiger partial charge in [-0.2, -0.15) is 10.2 Å². The Morgan fingerprint density at radius 1 is 0.939 bits per heavy atom. The van der Waals surface area contributed by atoms with Crippen LogP contribution in [0.5, 0.6) is 5.75 Å². The standard InChI is InChI=1S/C37H40F2N6O4/c1-3-25(2)45-36(46)44(24-42-45)31-13-8-28(9-14-31)26-4-6-27(7-5-26)29-10-15-32(16-11-29)47-19-35-48-21-37(49-35,20-43-23-40-22-41-43)33-17-12-30(38)18-34(33)39/h8-18,22-27,35H,3-7,19-21H2,1-2H3/t25?,26?,27?,35-,37+/m1/s1. The molecule has 12 heteroatoms. The highest BCUT2D eigenvalue weighted by Crippen LogP contribution is 2.41. The van der Waals surface area contributed by atoms with Gasteiger partial charge in [0.1, 0.15) is 48.6 Å². The second-order valence-corrected chi connectivity index (χ2v) is 13.1. The third-order valence-corrected chi connectivity index (χ3v) is 9.97. The summed E-state index contributed by atoms with van der Waals surface area (Å²) in [5.74, 6) is 0.255. The third kappa shape index (κ3) is 6.93. The summed E-state index contributed by atoms with van der Waals surface area (Å²) < 4.78 is 51.4. The molecule has 7 rings (SSSR count). The van der Waals surface area contributed by atoms with Crippen LogP contribution in [0.25, 0.3) is 5.69 Å². The molecule has 3 aromatic carbocycles. The second-order valence-electron chi connectivity index (χ2n) is 13.1. The van der Waals surface area contributed by atoms with E-state index in [1.807, 2.05) is 38.1 Å². The minimum atomic E-state index is -1.22. The van der Waals surface area contributed by atoms with Gasteiger partial charge in [0.25, 0.3) is 0 Å². The number of nitrogens with zero attached hydrogens (tertiary/aromatic N) is 6. The highest BCUT2D eigenvalue weighted by molar-refractivity contribution is 5.36. The monoisotopic (exact) mass is 670 g/mol. The second kappa shape index (κ2) is 14.0. The van der Waals surface area contributed by atoms with Crippen LogP contribution >= 0.6 is 0 Å². The molecule has 49 heavy (non-hydrogen) atoms. The normalized spacial score (nSPS) is 23.1. The molecule has 0 spiro atoms. The van der Waals surface area contributed by atoms with E-state index in [1.54, 1.807) is 15.6 Å². The molecule has 2 fully saturated rings. The predicted molar refractivity (Wildman–Crippen MR) is 178 cm³/mol. The Morgan fingerprint density at radius 2 is 1.63 bits per heavy atom. The molecule has 1 aliphatic heterocycles. The van der Waals surface area contributed by atoms with Crippen molar-refractivity contribution < 1.29 is 23.0 Å². The maximum absolute atomic E-state index is 14.9. The first-order valence-corrected chi connectivity index (χ1v) is 16.9. The van der Waals surface area contributed by atoms with Crippen LogP contribution in [0.4, 0.5) is 8.78 Å². The summed E-state index contributed by atoms with van der Waals surface area (Å²) in [5.41, 5.74) is 2.27. The maximum atomic E-state index is 14.9. The summed E-state index contributed by atoms with van der Waals surface area (Å²) in [7, 11) is 0. The third-order valence-electron chi connectivity index (χ3n) is 9.97. The van der Waals surface area contributed by atoms with Gasteiger partial charge in [-0.25, -0.2) is 32.5 Å². The molecule has 3 heterocycles. The van der Waals surface area contributed by atoms with Gasteiger partial charge < -0.3 is 14.2 Å². The number of benzene rings is 3. The predicted octanol–water partition coefficient (Wildman–Crippen LogP) is 6.66. The Kier molecular flexibility index (Phi) is 9.42. The summed E-state index contributed by atoms with van der Waals surface area (Å²) in [6, 6.07) is 20.0. The van der Waals surface area contributed by atoms with Crippen molar-refractivity contribution in [1.29, 1.82) is 0 Å². The summed E-state index contributed by atoms with van der Waals surface area (Å²) >= 11 is 0. The fourth-order valence-corrected chi connectivity index (χ4v) is 7.01. The molecule has 0 N–H and O–H groups in total. The Hall–Kier alpha value is -4.68. The van der Waals surface area contributed by atoms with Crippen molar-refractivity contribution in [2.45, 2.75) is 82.3 Å². The number of hydrogen-bond acceptors (Lipinski definition) is 7. The fourth-order valence-electron chi connectivity index (χ4n) is 7.01. The lowest BCUT2D eigenvalue weighted by molar-refractivity contribution is -0.117. The van der Waals surface area contributed by atoms with Gasteiger partial charge in [0.05, 0.1) is 24.9 Å². The molecule has 0 amide bonds. The van der Waals surface area contributed by atoms with E-state index in [1.165, 1.54) is 40.6 Å². The van der Waals surface area contributed by atoms with Crippen LogP contribution in [0.3, 0.4) is 0 Å². The Bertz CT molecular complexity index is 1900. The van der Waals surface area contributed by atoms with Crippen molar-refractivity contribution in [2.75, 3.05) is 13.2 Å². The van der Waals surface area contributed by atoms with Crippen molar-refractivity contribution in [3.63, 3.8) is 0 Å². The van der Waals surface area contributed by atoms with E-state index >= 15 is 0 Å². The van der Waals surface area contributed by atoms with Gasteiger partial charge in [0, 0.05) is 11.6 Å². The summed E-state index contributed by atoms with van der Waals surface area (Å²) in [6.07, 6.45) is 8.95. The van der Waals surface area contributed by atoms with Crippen LogP contribution in [0.15, 0.2) is 90.5 Å². The van der Waals surface area contributed by atoms with Gasteiger partial charge in [-0.05, 0) is 92.3 Å². The van der Waals surface area contributed by atoms with Crippen molar-refractivity contribution in [1.82, 2.24) is 29.1 Å². The molecule has 256 valence electrons. The van der Waals surface area contributed by atoms with Crippen LogP contribution in [0, 0.1) is 11.6 Å². The first kappa shape index (κ1) is 32.8. The Balaban J connectivity index is 0.925. The summed E-state index contributed by atoms with van der Waals surface area (Å²) in [5, 5.41) is 8.44. The molecule has 1 saturated carbocycles. The number of hydrogen-bond donors (Lipinski definition) is 0. The zero-order chi connectivity index (χ0) is 34.0. The van der Waals surface area contributed by atoms with Crippen molar-refractivity contribution >= 4 is 0 Å². The zero-order valence-corrected chi connectivity index (χ0v) is 27.6. The fraction of sp³-hybridized carbons (Fsp3) is 0.405. The smallest absolute Gasteiger partial charge is 0.350 e. The van der Waals surface area contributed by atoms with Crippen molar-refractivity contribution in [2.24, 2.45) is 0 Å². The van der Waals surface area contributed by atoms with Gasteiger partial charge in [0.15, 0.2) is 6.29 Å². The lowest BCUT2D eigenvalue weighted by atomic mass is 9.76. The number of halogens is 2. The van der Waals surface area contributed by atoms with E-state index in [-0.39, 0.29) is 37.1 Å². The van der Waals surface area contributed by atoms with E-state index < -0.39 is 23.5 Å². The van der Waals surface area contributed by atoms with Gasteiger partial charge in [-0.3, -0.25) is 0 Å². The average molecular weight is 671 g/mol. The molecular formula is C37H40F2N6O4. The highest BCUT2D eigenvalue weighted by atomic mass is 19.1. The number of aromatic nitrogens is 6. The Labute approximate surface area is 283 Å². The molecule has 0 radical (unpaired) electrons. The van der Waals surface area contributed by atoms with Crippen LogP contribution in [-0.4, -0.2) is 48.6 Å². The van der Waals surface area contributed by atoms with E-state index in [0.29, 0.717) is 17.6 Å². The molecule has 1 saturated heterocycles. The van der Waals surface area contributed by atoms with Gasteiger partial charge >= 0.3 is 5.69 Å². The molecule has 0 bridgehead atoms. The first-order chi connectivity index (χ1) is 23.8.